The SMILES string of the molecule is CC(C)(C)c1ccnc(-n2c3ccccc3c3ccc(Oc4ccc5c6ccccc6n(P(c6ccccc6)c6ccccc6)c5c4)cc32)n1. The smallest absolute Gasteiger partial charge is 0.234 e. The van der Waals surface area contributed by atoms with E-state index in [4.69, 9.17) is 14.7 Å². The summed E-state index contributed by atoms with van der Waals surface area (Å²) in [6, 6.07) is 53.7. The van der Waals surface area contributed by atoms with Crippen molar-refractivity contribution in [1.82, 2.24) is 18.9 Å². The third-order valence-corrected chi connectivity index (χ3v) is 11.7. The lowest BCUT2D eigenvalue weighted by Gasteiger charge is -2.22. The Bertz CT molecular complexity index is 2630. The van der Waals surface area contributed by atoms with Gasteiger partial charge in [-0.15, -0.1) is 0 Å². The molecular weight excluding hydrogens is 631 g/mol. The average molecular weight is 667 g/mol. The summed E-state index contributed by atoms with van der Waals surface area (Å²) < 4.78 is 11.4. The fourth-order valence-electron chi connectivity index (χ4n) is 6.97. The third kappa shape index (κ3) is 5.14. The number of ether oxygens (including phenoxy) is 1. The van der Waals surface area contributed by atoms with E-state index >= 15 is 0 Å². The summed E-state index contributed by atoms with van der Waals surface area (Å²) in [4.78, 5) is 9.79. The van der Waals surface area contributed by atoms with E-state index in [-0.39, 0.29) is 5.41 Å². The Morgan fingerprint density at radius 2 is 1.04 bits per heavy atom. The molecule has 50 heavy (non-hydrogen) atoms. The first-order chi connectivity index (χ1) is 24.4. The molecule has 6 heteroatoms. The lowest BCUT2D eigenvalue weighted by Crippen LogP contribution is -2.16. The number of nitrogens with zero attached hydrogens (tertiary/aromatic N) is 4. The molecular formula is C44H35N4OP. The van der Waals surface area contributed by atoms with Gasteiger partial charge in [-0.3, -0.25) is 4.57 Å². The molecule has 3 aromatic heterocycles. The van der Waals surface area contributed by atoms with Crippen molar-refractivity contribution >= 4 is 62.3 Å². The summed E-state index contributed by atoms with van der Waals surface area (Å²) in [5.74, 6) is 2.19. The van der Waals surface area contributed by atoms with Gasteiger partial charge >= 0.3 is 0 Å². The first kappa shape index (κ1) is 30.3. The zero-order valence-corrected chi connectivity index (χ0v) is 29.0. The maximum absolute atomic E-state index is 6.74. The van der Waals surface area contributed by atoms with Crippen LogP contribution in [0, 0.1) is 0 Å². The fourth-order valence-corrected chi connectivity index (χ4v) is 9.41. The van der Waals surface area contributed by atoms with Crippen LogP contribution in [0.25, 0.3) is 49.6 Å². The molecule has 5 nitrogen and oxygen atoms in total. The van der Waals surface area contributed by atoms with Crippen molar-refractivity contribution in [2.24, 2.45) is 0 Å². The molecule has 6 aromatic carbocycles. The van der Waals surface area contributed by atoms with E-state index in [9.17, 15) is 0 Å². The van der Waals surface area contributed by atoms with Gasteiger partial charge < -0.3 is 9.07 Å². The van der Waals surface area contributed by atoms with Crippen LogP contribution in [0.2, 0.25) is 0 Å². The molecule has 0 aliphatic heterocycles. The summed E-state index contributed by atoms with van der Waals surface area (Å²) in [5, 5.41) is 7.30. The number of fused-ring (bicyclic) bond motifs is 6. The van der Waals surface area contributed by atoms with E-state index in [1.54, 1.807) is 0 Å². The second-order valence-corrected chi connectivity index (χ2v) is 15.7. The maximum atomic E-state index is 6.74. The van der Waals surface area contributed by atoms with Crippen molar-refractivity contribution < 1.29 is 4.74 Å². The second kappa shape index (κ2) is 12.0. The largest absolute Gasteiger partial charge is 0.457 e. The minimum atomic E-state index is -0.913. The maximum Gasteiger partial charge on any atom is 0.234 e. The van der Waals surface area contributed by atoms with E-state index in [1.807, 2.05) is 12.3 Å². The number of para-hydroxylation sites is 2. The molecule has 3 heterocycles. The Labute approximate surface area is 292 Å². The molecule has 0 aliphatic carbocycles. The summed E-state index contributed by atoms with van der Waals surface area (Å²) in [6.07, 6.45) is 1.86. The Hall–Kier alpha value is -5.77. The van der Waals surface area contributed by atoms with Crippen LogP contribution in [0.4, 0.5) is 0 Å². The van der Waals surface area contributed by atoms with Crippen molar-refractivity contribution in [3.63, 3.8) is 0 Å². The molecule has 0 saturated carbocycles. The van der Waals surface area contributed by atoms with Crippen LogP contribution in [-0.2, 0) is 5.41 Å². The first-order valence-electron chi connectivity index (χ1n) is 16.9. The summed E-state index contributed by atoms with van der Waals surface area (Å²) in [6.45, 7) is 6.53. The highest BCUT2D eigenvalue weighted by atomic mass is 31.1. The molecule has 0 aliphatic rings. The van der Waals surface area contributed by atoms with Gasteiger partial charge in [0.15, 0.2) is 0 Å². The summed E-state index contributed by atoms with van der Waals surface area (Å²) >= 11 is 0. The topological polar surface area (TPSA) is 44.9 Å². The molecule has 9 rings (SSSR count). The van der Waals surface area contributed by atoms with Gasteiger partial charge in [0, 0.05) is 55.9 Å². The van der Waals surface area contributed by atoms with Crippen molar-refractivity contribution in [2.45, 2.75) is 26.2 Å². The zero-order valence-electron chi connectivity index (χ0n) is 28.2. The normalized spacial score (nSPS) is 12.1. The minimum Gasteiger partial charge on any atom is -0.457 e. The number of aromatic nitrogens is 4. The van der Waals surface area contributed by atoms with Crippen molar-refractivity contribution in [1.29, 1.82) is 0 Å². The molecule has 0 N–H and O–H groups in total. The van der Waals surface area contributed by atoms with E-state index in [0.717, 1.165) is 44.5 Å². The number of benzene rings is 6. The van der Waals surface area contributed by atoms with E-state index in [1.165, 1.54) is 26.9 Å². The van der Waals surface area contributed by atoms with Crippen LogP contribution >= 0.6 is 8.07 Å². The molecule has 0 bridgehead atoms. The molecule has 242 valence electrons. The highest BCUT2D eigenvalue weighted by molar-refractivity contribution is 7.72. The van der Waals surface area contributed by atoms with Gasteiger partial charge in [-0.1, -0.05) is 118 Å². The number of hydrogen-bond donors (Lipinski definition) is 0. The quantitative estimate of drug-likeness (QED) is 0.166. The minimum absolute atomic E-state index is 0.104. The monoisotopic (exact) mass is 666 g/mol. The third-order valence-electron chi connectivity index (χ3n) is 9.31. The highest BCUT2D eigenvalue weighted by Crippen LogP contribution is 2.45. The van der Waals surface area contributed by atoms with Crippen LogP contribution in [-0.4, -0.2) is 18.9 Å². The average Bonchev–Trinajstić information content (AvgIpc) is 3.64. The van der Waals surface area contributed by atoms with Crippen LogP contribution in [0.5, 0.6) is 11.5 Å². The van der Waals surface area contributed by atoms with E-state index < -0.39 is 8.07 Å². The number of rotatable bonds is 6. The summed E-state index contributed by atoms with van der Waals surface area (Å²) in [7, 11) is -0.913. The van der Waals surface area contributed by atoms with Gasteiger partial charge in [-0.05, 0) is 42.5 Å². The van der Waals surface area contributed by atoms with E-state index in [0.29, 0.717) is 5.95 Å². The van der Waals surface area contributed by atoms with Crippen LogP contribution in [0.1, 0.15) is 26.5 Å². The van der Waals surface area contributed by atoms with Gasteiger partial charge in [0.1, 0.15) is 11.5 Å². The molecule has 0 unspecified atom stereocenters. The Morgan fingerprint density at radius 1 is 0.520 bits per heavy atom. The predicted octanol–water partition coefficient (Wildman–Crippen LogP) is 10.7. The van der Waals surface area contributed by atoms with Crippen LogP contribution in [0.3, 0.4) is 0 Å². The van der Waals surface area contributed by atoms with Gasteiger partial charge in [-0.25, -0.2) is 9.97 Å². The zero-order chi connectivity index (χ0) is 33.8. The van der Waals surface area contributed by atoms with Gasteiger partial charge in [0.25, 0.3) is 0 Å². The number of hydrogen-bond acceptors (Lipinski definition) is 3. The lowest BCUT2D eigenvalue weighted by atomic mass is 9.92. The van der Waals surface area contributed by atoms with Crippen molar-refractivity contribution in [2.75, 3.05) is 0 Å². The second-order valence-electron chi connectivity index (χ2n) is 13.6. The molecule has 9 aromatic rings. The Kier molecular flexibility index (Phi) is 7.26. The van der Waals surface area contributed by atoms with Crippen molar-refractivity contribution in [3.05, 3.63) is 164 Å². The van der Waals surface area contributed by atoms with Gasteiger partial charge in [-0.2, -0.15) is 0 Å². The Balaban J connectivity index is 1.20. The summed E-state index contributed by atoms with van der Waals surface area (Å²) in [5.41, 5.74) is 5.31. The van der Waals surface area contributed by atoms with Crippen LogP contribution in [0.15, 0.2) is 158 Å². The van der Waals surface area contributed by atoms with Gasteiger partial charge in [0.2, 0.25) is 5.95 Å². The van der Waals surface area contributed by atoms with Gasteiger partial charge in [0.05, 0.1) is 35.8 Å². The molecule has 0 atom stereocenters. The van der Waals surface area contributed by atoms with Crippen molar-refractivity contribution in [3.8, 4) is 17.4 Å². The Morgan fingerprint density at radius 3 is 1.68 bits per heavy atom. The molecule has 0 saturated heterocycles. The standard InChI is InChI=1S/C44H35N4OP/c1-44(2,3)42-26-27-45-43(46-42)47-38-20-12-10-18-34(38)36-24-22-30(28-40(36)47)49-31-23-25-37-35-19-11-13-21-39(35)48(41(37)29-31)50(32-14-6-4-7-15-32)33-16-8-5-9-17-33/h4-29H,1-3H3. The first-order valence-corrected chi connectivity index (χ1v) is 18.2. The molecule has 0 fully saturated rings. The highest BCUT2D eigenvalue weighted by Gasteiger charge is 2.23. The van der Waals surface area contributed by atoms with E-state index in [2.05, 4.69) is 175 Å². The lowest BCUT2D eigenvalue weighted by molar-refractivity contribution is 0.484. The molecule has 0 amide bonds. The fraction of sp³-hybridized carbons (Fsp3) is 0.0909. The van der Waals surface area contributed by atoms with Crippen LogP contribution < -0.4 is 15.3 Å². The molecule has 0 spiro atoms. The predicted molar refractivity (Wildman–Crippen MR) is 209 cm³/mol. The molecule has 0 radical (unpaired) electrons.